The largest absolute Gasteiger partial charge is 0.465 e. The maximum Gasteiger partial charge on any atom is 0.319 e. The van der Waals surface area contributed by atoms with E-state index < -0.39 is 0 Å². The number of ether oxygens (including phenoxy) is 1. The second-order valence-corrected chi connectivity index (χ2v) is 1.77. The Morgan fingerprint density at radius 3 is 2.73 bits per heavy atom. The van der Waals surface area contributed by atoms with Crippen LogP contribution in [0.5, 0.6) is 0 Å². The average molecular weight is 183 g/mol. The standard InChI is InChI=1S/C6H14N2O2.ClH/c1-2-10-6(9)5-8-4-3-7;/h8H,2-5,7H2,1H3;1H. The highest BCUT2D eigenvalue weighted by atomic mass is 35.5. The first-order chi connectivity index (χ1) is 4.81. The van der Waals surface area contributed by atoms with Crippen LogP contribution >= 0.6 is 12.4 Å². The number of carbonyl (C=O) groups is 1. The van der Waals surface area contributed by atoms with Gasteiger partial charge >= 0.3 is 5.97 Å². The summed E-state index contributed by atoms with van der Waals surface area (Å²) in [6.07, 6.45) is 0. The van der Waals surface area contributed by atoms with Crippen molar-refractivity contribution in [3.05, 3.63) is 0 Å². The Hall–Kier alpha value is -0.320. The fraction of sp³-hybridized carbons (Fsp3) is 0.833. The summed E-state index contributed by atoms with van der Waals surface area (Å²) in [6, 6.07) is 0. The first kappa shape index (κ1) is 13.3. The van der Waals surface area contributed by atoms with Crippen molar-refractivity contribution >= 4 is 18.4 Å². The van der Waals surface area contributed by atoms with Gasteiger partial charge in [-0.2, -0.15) is 0 Å². The Morgan fingerprint density at radius 2 is 2.27 bits per heavy atom. The van der Waals surface area contributed by atoms with E-state index in [0.29, 0.717) is 19.7 Å². The molecule has 0 atom stereocenters. The third kappa shape index (κ3) is 9.68. The molecule has 0 bridgehead atoms. The third-order valence-electron chi connectivity index (χ3n) is 0.896. The average Bonchev–Trinajstić information content (AvgIpc) is 1.89. The zero-order valence-electron chi connectivity index (χ0n) is 6.63. The molecule has 0 spiro atoms. The minimum Gasteiger partial charge on any atom is -0.465 e. The molecular weight excluding hydrogens is 168 g/mol. The summed E-state index contributed by atoms with van der Waals surface area (Å²) >= 11 is 0. The van der Waals surface area contributed by atoms with Gasteiger partial charge in [0.15, 0.2) is 0 Å². The number of nitrogens with two attached hydrogens (primary N) is 1. The van der Waals surface area contributed by atoms with Gasteiger partial charge in [0.1, 0.15) is 0 Å². The van der Waals surface area contributed by atoms with Gasteiger partial charge < -0.3 is 15.8 Å². The highest BCUT2D eigenvalue weighted by Gasteiger charge is 1.97. The quantitative estimate of drug-likeness (QED) is 0.445. The van der Waals surface area contributed by atoms with Crippen LogP contribution in [-0.2, 0) is 9.53 Å². The van der Waals surface area contributed by atoms with Crippen molar-refractivity contribution in [3.63, 3.8) is 0 Å². The zero-order valence-corrected chi connectivity index (χ0v) is 7.45. The van der Waals surface area contributed by atoms with Crippen LogP contribution in [0, 0.1) is 0 Å². The van der Waals surface area contributed by atoms with Crippen molar-refractivity contribution in [1.82, 2.24) is 5.32 Å². The zero-order chi connectivity index (χ0) is 7.82. The van der Waals surface area contributed by atoms with E-state index in [4.69, 9.17) is 5.73 Å². The summed E-state index contributed by atoms with van der Waals surface area (Å²) in [7, 11) is 0. The second kappa shape index (κ2) is 9.68. The molecule has 0 aliphatic rings. The minimum atomic E-state index is -0.226. The summed E-state index contributed by atoms with van der Waals surface area (Å²) in [4.78, 5) is 10.6. The van der Waals surface area contributed by atoms with Crippen LogP contribution in [-0.4, -0.2) is 32.2 Å². The summed E-state index contributed by atoms with van der Waals surface area (Å²) < 4.78 is 4.65. The Labute approximate surface area is 72.9 Å². The Kier molecular flexibility index (Phi) is 11.7. The van der Waals surface area contributed by atoms with E-state index in [0.717, 1.165) is 0 Å². The van der Waals surface area contributed by atoms with Gasteiger partial charge in [-0.3, -0.25) is 4.79 Å². The summed E-state index contributed by atoms with van der Waals surface area (Å²) in [6.45, 7) is 3.66. The molecule has 0 aliphatic heterocycles. The van der Waals surface area contributed by atoms with E-state index in [9.17, 15) is 4.79 Å². The monoisotopic (exact) mass is 182 g/mol. The lowest BCUT2D eigenvalue weighted by atomic mass is 10.6. The summed E-state index contributed by atoms with van der Waals surface area (Å²) in [5.74, 6) is -0.226. The molecule has 0 heterocycles. The van der Waals surface area contributed by atoms with Crippen LogP contribution in [0.25, 0.3) is 0 Å². The molecular formula is C6H15ClN2O2. The number of halogens is 1. The molecule has 0 radical (unpaired) electrons. The van der Waals surface area contributed by atoms with Crippen LogP contribution in [0.1, 0.15) is 6.92 Å². The first-order valence-electron chi connectivity index (χ1n) is 3.37. The lowest BCUT2D eigenvalue weighted by Crippen LogP contribution is -2.29. The van der Waals surface area contributed by atoms with Crippen molar-refractivity contribution in [3.8, 4) is 0 Å². The molecule has 0 aromatic heterocycles. The van der Waals surface area contributed by atoms with Gasteiger partial charge in [0.05, 0.1) is 13.2 Å². The lowest BCUT2D eigenvalue weighted by molar-refractivity contribution is -0.141. The van der Waals surface area contributed by atoms with Crippen molar-refractivity contribution in [2.24, 2.45) is 5.73 Å². The van der Waals surface area contributed by atoms with Crippen molar-refractivity contribution < 1.29 is 9.53 Å². The molecule has 0 unspecified atom stereocenters. The van der Waals surface area contributed by atoms with Crippen LogP contribution in [0.3, 0.4) is 0 Å². The van der Waals surface area contributed by atoms with Crippen LogP contribution in [0.4, 0.5) is 0 Å². The lowest BCUT2D eigenvalue weighted by Gasteiger charge is -2.01. The van der Waals surface area contributed by atoms with Crippen molar-refractivity contribution in [1.29, 1.82) is 0 Å². The Balaban J connectivity index is 0. The van der Waals surface area contributed by atoms with Gasteiger partial charge in [0.25, 0.3) is 0 Å². The highest BCUT2D eigenvalue weighted by Crippen LogP contribution is 1.73. The molecule has 0 fully saturated rings. The third-order valence-corrected chi connectivity index (χ3v) is 0.896. The summed E-state index contributed by atoms with van der Waals surface area (Å²) in [5, 5.41) is 2.82. The fourth-order valence-corrected chi connectivity index (χ4v) is 0.505. The smallest absolute Gasteiger partial charge is 0.319 e. The number of hydrogen-bond donors (Lipinski definition) is 2. The van der Waals surface area contributed by atoms with Gasteiger partial charge in [0.2, 0.25) is 0 Å². The molecule has 0 amide bonds. The SMILES string of the molecule is CCOC(=O)CNCCN.Cl. The van der Waals surface area contributed by atoms with E-state index in [1.54, 1.807) is 6.92 Å². The number of carbonyl (C=O) groups excluding carboxylic acids is 1. The number of nitrogens with one attached hydrogen (secondary N) is 1. The Morgan fingerprint density at radius 1 is 1.64 bits per heavy atom. The van der Waals surface area contributed by atoms with Gasteiger partial charge in [-0.15, -0.1) is 12.4 Å². The van der Waals surface area contributed by atoms with E-state index in [1.165, 1.54) is 0 Å². The normalized spacial score (nSPS) is 8.55. The molecule has 0 rings (SSSR count). The predicted octanol–water partition coefficient (Wildman–Crippen LogP) is -0.480. The minimum absolute atomic E-state index is 0. The van der Waals surface area contributed by atoms with E-state index in [-0.39, 0.29) is 24.9 Å². The first-order valence-corrected chi connectivity index (χ1v) is 3.37. The summed E-state index contributed by atoms with van der Waals surface area (Å²) in [5.41, 5.74) is 5.17. The molecule has 0 saturated carbocycles. The van der Waals surface area contributed by atoms with Crippen LogP contribution in [0.15, 0.2) is 0 Å². The molecule has 0 aliphatic carbocycles. The molecule has 0 aromatic carbocycles. The van der Waals surface area contributed by atoms with Crippen molar-refractivity contribution in [2.75, 3.05) is 26.2 Å². The highest BCUT2D eigenvalue weighted by molar-refractivity contribution is 5.85. The molecule has 11 heavy (non-hydrogen) atoms. The van der Waals surface area contributed by atoms with E-state index in [1.807, 2.05) is 0 Å². The maximum atomic E-state index is 10.6. The molecule has 0 aromatic rings. The molecule has 0 saturated heterocycles. The Bertz CT molecular complexity index is 101. The van der Waals surface area contributed by atoms with Gasteiger partial charge in [-0.1, -0.05) is 0 Å². The molecule has 4 nitrogen and oxygen atoms in total. The fourth-order valence-electron chi connectivity index (χ4n) is 0.505. The topological polar surface area (TPSA) is 64.3 Å². The second-order valence-electron chi connectivity index (χ2n) is 1.77. The van der Waals surface area contributed by atoms with Crippen molar-refractivity contribution in [2.45, 2.75) is 6.92 Å². The predicted molar refractivity (Wildman–Crippen MR) is 45.8 cm³/mol. The number of hydrogen-bond acceptors (Lipinski definition) is 4. The van der Waals surface area contributed by atoms with Gasteiger partial charge in [-0.05, 0) is 6.92 Å². The van der Waals surface area contributed by atoms with Gasteiger partial charge in [0, 0.05) is 13.1 Å². The molecule has 3 N–H and O–H groups in total. The number of rotatable bonds is 5. The van der Waals surface area contributed by atoms with E-state index in [2.05, 4.69) is 10.1 Å². The van der Waals surface area contributed by atoms with Crippen LogP contribution < -0.4 is 11.1 Å². The molecule has 5 heteroatoms. The number of esters is 1. The molecule has 68 valence electrons. The maximum absolute atomic E-state index is 10.6. The van der Waals surface area contributed by atoms with Gasteiger partial charge in [-0.25, -0.2) is 0 Å². The van der Waals surface area contributed by atoms with E-state index >= 15 is 0 Å². The van der Waals surface area contributed by atoms with Crippen LogP contribution in [0.2, 0.25) is 0 Å².